The molecule has 1 aliphatic rings. The molecule has 0 amide bonds. The maximum absolute atomic E-state index is 11.0. The third kappa shape index (κ3) is 2.69. The number of rotatable bonds is 4. The molecule has 98 valence electrons. The van der Waals surface area contributed by atoms with Crippen molar-refractivity contribution in [2.45, 2.75) is 25.7 Å². The van der Waals surface area contributed by atoms with Crippen LogP contribution in [-0.4, -0.2) is 23.5 Å². The molecule has 2 N–H and O–H groups in total. The molecule has 0 saturated heterocycles. The van der Waals surface area contributed by atoms with Crippen molar-refractivity contribution in [1.29, 1.82) is 0 Å². The SMILES string of the molecule is CN(CC1CCCC1)c1nc(N)ccc1[N+](=O)[O-]. The average molecular weight is 250 g/mol. The summed E-state index contributed by atoms with van der Waals surface area (Å²) in [6.45, 7) is 0.803. The van der Waals surface area contributed by atoms with E-state index in [1.54, 1.807) is 0 Å². The zero-order chi connectivity index (χ0) is 13.1. The number of hydrogen-bond donors (Lipinski definition) is 1. The summed E-state index contributed by atoms with van der Waals surface area (Å²) in [5.74, 6) is 1.29. The van der Waals surface area contributed by atoms with E-state index in [4.69, 9.17) is 5.73 Å². The summed E-state index contributed by atoms with van der Waals surface area (Å²) in [6, 6.07) is 2.88. The molecule has 0 atom stereocenters. The van der Waals surface area contributed by atoms with E-state index in [9.17, 15) is 10.1 Å². The summed E-state index contributed by atoms with van der Waals surface area (Å²) in [4.78, 5) is 16.5. The van der Waals surface area contributed by atoms with Crippen LogP contribution in [0.25, 0.3) is 0 Å². The maximum atomic E-state index is 11.0. The van der Waals surface area contributed by atoms with Crippen molar-refractivity contribution in [3.8, 4) is 0 Å². The van der Waals surface area contributed by atoms with Gasteiger partial charge in [0, 0.05) is 19.7 Å². The molecule has 1 aliphatic carbocycles. The van der Waals surface area contributed by atoms with Crippen molar-refractivity contribution in [3.05, 3.63) is 22.2 Å². The lowest BCUT2D eigenvalue weighted by molar-refractivity contribution is -0.384. The van der Waals surface area contributed by atoms with Crippen LogP contribution >= 0.6 is 0 Å². The smallest absolute Gasteiger partial charge is 0.311 e. The first-order chi connectivity index (χ1) is 8.58. The number of nitrogen functional groups attached to an aromatic ring is 1. The van der Waals surface area contributed by atoms with E-state index in [-0.39, 0.29) is 5.69 Å². The average Bonchev–Trinajstić information content (AvgIpc) is 2.81. The first-order valence-electron chi connectivity index (χ1n) is 6.20. The lowest BCUT2D eigenvalue weighted by Crippen LogP contribution is -2.25. The van der Waals surface area contributed by atoms with Crippen molar-refractivity contribution < 1.29 is 4.92 Å². The monoisotopic (exact) mass is 250 g/mol. The van der Waals surface area contributed by atoms with Gasteiger partial charge in [-0.2, -0.15) is 0 Å². The van der Waals surface area contributed by atoms with Crippen molar-refractivity contribution in [3.63, 3.8) is 0 Å². The summed E-state index contributed by atoms with van der Waals surface area (Å²) in [7, 11) is 1.84. The predicted octanol–water partition coefficient (Wildman–Crippen LogP) is 2.20. The van der Waals surface area contributed by atoms with Gasteiger partial charge in [-0.3, -0.25) is 10.1 Å². The quantitative estimate of drug-likeness (QED) is 0.654. The van der Waals surface area contributed by atoms with E-state index in [0.29, 0.717) is 17.6 Å². The van der Waals surface area contributed by atoms with E-state index >= 15 is 0 Å². The topological polar surface area (TPSA) is 85.3 Å². The van der Waals surface area contributed by atoms with Gasteiger partial charge in [-0.25, -0.2) is 4.98 Å². The molecule has 1 heterocycles. The molecule has 1 saturated carbocycles. The summed E-state index contributed by atoms with van der Waals surface area (Å²) < 4.78 is 0. The van der Waals surface area contributed by atoms with Gasteiger partial charge in [-0.05, 0) is 24.8 Å². The van der Waals surface area contributed by atoms with Gasteiger partial charge in [-0.1, -0.05) is 12.8 Å². The van der Waals surface area contributed by atoms with Gasteiger partial charge in [0.25, 0.3) is 0 Å². The fourth-order valence-corrected chi connectivity index (χ4v) is 2.55. The molecule has 1 aromatic heterocycles. The fraction of sp³-hybridized carbons (Fsp3) is 0.583. The number of anilines is 2. The number of nitrogens with two attached hydrogens (primary N) is 1. The summed E-state index contributed by atoms with van der Waals surface area (Å²) >= 11 is 0. The van der Waals surface area contributed by atoms with Gasteiger partial charge in [-0.15, -0.1) is 0 Å². The van der Waals surface area contributed by atoms with Gasteiger partial charge < -0.3 is 10.6 Å². The number of pyridine rings is 1. The number of nitro groups is 1. The normalized spacial score (nSPS) is 15.8. The van der Waals surface area contributed by atoms with Crippen LogP contribution in [-0.2, 0) is 0 Å². The van der Waals surface area contributed by atoms with Crippen LogP contribution in [0.4, 0.5) is 17.3 Å². The van der Waals surface area contributed by atoms with E-state index < -0.39 is 4.92 Å². The summed E-state index contributed by atoms with van der Waals surface area (Å²) in [6.07, 6.45) is 4.90. The molecule has 0 bridgehead atoms. The van der Waals surface area contributed by atoms with Crippen molar-refractivity contribution in [2.24, 2.45) is 5.92 Å². The minimum Gasteiger partial charge on any atom is -0.384 e. The van der Waals surface area contributed by atoms with E-state index in [0.717, 1.165) is 6.54 Å². The zero-order valence-electron chi connectivity index (χ0n) is 10.5. The van der Waals surface area contributed by atoms with Crippen LogP contribution in [0.1, 0.15) is 25.7 Å². The van der Waals surface area contributed by atoms with Gasteiger partial charge in [0.05, 0.1) is 4.92 Å². The lowest BCUT2D eigenvalue weighted by Gasteiger charge is -2.21. The minimum atomic E-state index is -0.410. The molecular formula is C12H18N4O2. The van der Waals surface area contributed by atoms with Crippen LogP contribution < -0.4 is 10.6 Å². The Morgan fingerprint density at radius 2 is 2.17 bits per heavy atom. The second-order valence-corrected chi connectivity index (χ2v) is 4.87. The van der Waals surface area contributed by atoms with Crippen LogP contribution in [0, 0.1) is 16.0 Å². The van der Waals surface area contributed by atoms with Gasteiger partial charge in [0.15, 0.2) is 0 Å². The molecule has 0 unspecified atom stereocenters. The van der Waals surface area contributed by atoms with Crippen LogP contribution in [0.15, 0.2) is 12.1 Å². The van der Waals surface area contributed by atoms with Crippen LogP contribution in [0.5, 0.6) is 0 Å². The first-order valence-corrected chi connectivity index (χ1v) is 6.20. The lowest BCUT2D eigenvalue weighted by atomic mass is 10.1. The second kappa shape index (κ2) is 5.20. The number of aromatic nitrogens is 1. The molecule has 6 nitrogen and oxygen atoms in total. The van der Waals surface area contributed by atoms with Crippen molar-refractivity contribution >= 4 is 17.3 Å². The molecule has 6 heteroatoms. The van der Waals surface area contributed by atoms with Crippen molar-refractivity contribution in [2.75, 3.05) is 24.2 Å². The van der Waals surface area contributed by atoms with Gasteiger partial charge >= 0.3 is 5.69 Å². The molecule has 2 rings (SSSR count). The van der Waals surface area contributed by atoms with Gasteiger partial charge in [0.2, 0.25) is 5.82 Å². The Balaban J connectivity index is 2.19. The molecule has 0 radical (unpaired) electrons. The predicted molar refractivity (Wildman–Crippen MR) is 70.5 cm³/mol. The van der Waals surface area contributed by atoms with E-state index in [1.165, 1.54) is 37.8 Å². The van der Waals surface area contributed by atoms with E-state index in [2.05, 4.69) is 4.98 Å². The Labute approximate surface area is 106 Å². The molecular weight excluding hydrogens is 232 g/mol. The largest absolute Gasteiger partial charge is 0.384 e. The highest BCUT2D eigenvalue weighted by Crippen LogP contribution is 2.30. The standard InChI is InChI=1S/C12H18N4O2/c1-15(8-9-4-2-3-5-9)12-10(16(17)18)6-7-11(13)14-12/h6-7,9H,2-5,8H2,1H3,(H2,13,14). The maximum Gasteiger partial charge on any atom is 0.311 e. The second-order valence-electron chi connectivity index (χ2n) is 4.87. The minimum absolute atomic E-state index is 0.0182. The molecule has 1 aromatic rings. The van der Waals surface area contributed by atoms with Crippen LogP contribution in [0.2, 0.25) is 0 Å². The van der Waals surface area contributed by atoms with E-state index in [1.807, 2.05) is 11.9 Å². The summed E-state index contributed by atoms with van der Waals surface area (Å²) in [5.41, 5.74) is 5.63. The Morgan fingerprint density at radius 3 is 2.78 bits per heavy atom. The molecule has 1 fully saturated rings. The van der Waals surface area contributed by atoms with Crippen LogP contribution in [0.3, 0.4) is 0 Å². The highest BCUT2D eigenvalue weighted by Gasteiger charge is 2.23. The highest BCUT2D eigenvalue weighted by molar-refractivity contribution is 5.60. The zero-order valence-corrected chi connectivity index (χ0v) is 10.5. The third-order valence-electron chi connectivity index (χ3n) is 3.44. The Morgan fingerprint density at radius 1 is 1.50 bits per heavy atom. The molecule has 0 spiro atoms. The number of nitrogens with zero attached hydrogens (tertiary/aromatic N) is 3. The third-order valence-corrected chi connectivity index (χ3v) is 3.44. The van der Waals surface area contributed by atoms with Crippen molar-refractivity contribution in [1.82, 2.24) is 4.98 Å². The first kappa shape index (κ1) is 12.6. The molecule has 18 heavy (non-hydrogen) atoms. The Hall–Kier alpha value is -1.85. The Bertz CT molecular complexity index is 444. The van der Waals surface area contributed by atoms with Gasteiger partial charge in [0.1, 0.15) is 5.82 Å². The fourth-order valence-electron chi connectivity index (χ4n) is 2.55. The number of hydrogen-bond acceptors (Lipinski definition) is 5. The summed E-state index contributed by atoms with van der Waals surface area (Å²) in [5, 5.41) is 11.0. The highest BCUT2D eigenvalue weighted by atomic mass is 16.6. The Kier molecular flexibility index (Phi) is 3.64. The molecule has 0 aliphatic heterocycles. The molecule has 0 aromatic carbocycles.